The molecule has 0 spiro atoms. The van der Waals surface area contributed by atoms with E-state index in [1.807, 2.05) is 24.3 Å². The van der Waals surface area contributed by atoms with Crippen LogP contribution in [0.1, 0.15) is 23.7 Å². The zero-order valence-corrected chi connectivity index (χ0v) is 17.8. The molecule has 1 aromatic heterocycles. The maximum atomic E-state index is 11.4. The molecule has 0 aliphatic carbocycles. The predicted octanol–water partition coefficient (Wildman–Crippen LogP) is 2.41. The molecule has 4 rings (SSSR count). The highest BCUT2D eigenvalue weighted by atomic mass is 32.2. The van der Waals surface area contributed by atoms with Crippen molar-refractivity contribution in [2.75, 3.05) is 13.1 Å². The number of pyridine rings is 1. The zero-order chi connectivity index (χ0) is 21.8. The first-order valence-electron chi connectivity index (χ1n) is 10.1. The lowest BCUT2D eigenvalue weighted by Gasteiger charge is -2.27. The molecule has 2 atom stereocenters. The summed E-state index contributed by atoms with van der Waals surface area (Å²) >= 11 is 0. The van der Waals surface area contributed by atoms with E-state index in [1.165, 1.54) is 12.1 Å². The van der Waals surface area contributed by atoms with Crippen molar-refractivity contribution < 1.29 is 18.3 Å². The van der Waals surface area contributed by atoms with E-state index < -0.39 is 16.1 Å². The van der Waals surface area contributed by atoms with Crippen molar-refractivity contribution in [1.82, 2.24) is 10.3 Å². The van der Waals surface area contributed by atoms with E-state index in [0.717, 1.165) is 40.8 Å². The van der Waals surface area contributed by atoms with Gasteiger partial charge in [0.15, 0.2) is 0 Å². The van der Waals surface area contributed by atoms with Gasteiger partial charge >= 0.3 is 0 Å². The number of primary sulfonamides is 1. The number of ether oxygens (including phenoxy) is 1. The minimum absolute atomic E-state index is 0.0356. The highest BCUT2D eigenvalue weighted by Gasteiger charge is 2.20. The fourth-order valence-electron chi connectivity index (χ4n) is 3.68. The lowest BCUT2D eigenvalue weighted by atomic mass is 9.97. The highest BCUT2D eigenvalue weighted by molar-refractivity contribution is 7.89. The van der Waals surface area contributed by atoms with Crippen LogP contribution in [0.5, 0.6) is 5.75 Å². The van der Waals surface area contributed by atoms with Crippen LogP contribution in [-0.2, 0) is 16.4 Å². The summed E-state index contributed by atoms with van der Waals surface area (Å²) in [6.45, 7) is 1.08. The van der Waals surface area contributed by atoms with Crippen molar-refractivity contribution in [1.29, 1.82) is 0 Å². The smallest absolute Gasteiger partial charge is 0.238 e. The van der Waals surface area contributed by atoms with Crippen LogP contribution >= 0.6 is 0 Å². The van der Waals surface area contributed by atoms with Gasteiger partial charge in [0, 0.05) is 31.0 Å². The normalized spacial score (nSPS) is 16.9. The minimum Gasteiger partial charge on any atom is -0.489 e. The molecule has 0 unspecified atom stereocenters. The Morgan fingerprint density at radius 1 is 1.16 bits per heavy atom. The second-order valence-electron chi connectivity index (χ2n) is 7.63. The van der Waals surface area contributed by atoms with Gasteiger partial charge in [-0.3, -0.25) is 4.98 Å². The first kappa shape index (κ1) is 21.5. The van der Waals surface area contributed by atoms with Crippen molar-refractivity contribution in [3.63, 3.8) is 0 Å². The number of sulfonamides is 1. The summed E-state index contributed by atoms with van der Waals surface area (Å²) in [6, 6.07) is 16.2. The van der Waals surface area contributed by atoms with Crippen LogP contribution in [-0.4, -0.2) is 37.7 Å². The van der Waals surface area contributed by atoms with E-state index in [4.69, 9.17) is 9.88 Å². The number of hydrogen-bond donors (Lipinski definition) is 3. The van der Waals surface area contributed by atoms with Gasteiger partial charge in [0.1, 0.15) is 11.9 Å². The van der Waals surface area contributed by atoms with Gasteiger partial charge in [-0.2, -0.15) is 0 Å². The maximum Gasteiger partial charge on any atom is 0.238 e. The fraction of sp³-hybridized carbons (Fsp3) is 0.261. The Bertz CT molecular complexity index is 1140. The number of aliphatic hydroxyl groups excluding tert-OH is 1. The van der Waals surface area contributed by atoms with E-state index in [1.54, 1.807) is 24.5 Å². The van der Waals surface area contributed by atoms with Crippen LogP contribution in [0.2, 0.25) is 0 Å². The average Bonchev–Trinajstić information content (AvgIpc) is 2.79. The first-order chi connectivity index (χ1) is 14.9. The summed E-state index contributed by atoms with van der Waals surface area (Å²) in [5, 5.41) is 18.7. The maximum absolute atomic E-state index is 11.4. The molecule has 0 bridgehead atoms. The summed E-state index contributed by atoms with van der Waals surface area (Å²) in [4.78, 5) is 4.13. The molecule has 0 radical (unpaired) electrons. The van der Waals surface area contributed by atoms with E-state index in [2.05, 4.69) is 16.4 Å². The summed E-state index contributed by atoms with van der Waals surface area (Å²) < 4.78 is 29.0. The van der Waals surface area contributed by atoms with Gasteiger partial charge < -0.3 is 15.2 Å². The second kappa shape index (κ2) is 9.15. The van der Waals surface area contributed by atoms with Gasteiger partial charge in [-0.1, -0.05) is 24.3 Å². The Hall–Kier alpha value is -2.78. The number of fused-ring (bicyclic) bond motifs is 1. The Balaban J connectivity index is 1.35. The number of benzene rings is 2. The number of nitrogens with one attached hydrogen (secondary N) is 1. The SMILES string of the molecule is NS(=O)(=O)c1ccc(-c2ccc3c(c2)CC[C@H](CNC[C@H](O)c2cccnc2)O3)cc1. The van der Waals surface area contributed by atoms with Crippen molar-refractivity contribution in [2.45, 2.75) is 29.9 Å². The van der Waals surface area contributed by atoms with Crippen molar-refractivity contribution in [3.05, 3.63) is 78.1 Å². The van der Waals surface area contributed by atoms with Crippen LogP contribution in [0.15, 0.2) is 71.9 Å². The number of aryl methyl sites for hydroxylation is 1. The van der Waals surface area contributed by atoms with Crippen LogP contribution in [0.3, 0.4) is 0 Å². The molecule has 0 saturated heterocycles. The van der Waals surface area contributed by atoms with Gasteiger partial charge in [-0.15, -0.1) is 0 Å². The molecule has 2 aromatic carbocycles. The molecule has 7 nitrogen and oxygen atoms in total. The highest BCUT2D eigenvalue weighted by Crippen LogP contribution is 2.32. The Kier molecular flexibility index (Phi) is 6.33. The van der Waals surface area contributed by atoms with Gasteiger partial charge in [0.05, 0.1) is 11.0 Å². The number of aromatic nitrogens is 1. The van der Waals surface area contributed by atoms with Gasteiger partial charge in [-0.05, 0) is 59.9 Å². The Morgan fingerprint density at radius 2 is 1.94 bits per heavy atom. The van der Waals surface area contributed by atoms with Crippen LogP contribution in [0.4, 0.5) is 0 Å². The van der Waals surface area contributed by atoms with Crippen LogP contribution < -0.4 is 15.2 Å². The zero-order valence-electron chi connectivity index (χ0n) is 16.9. The third kappa shape index (κ3) is 5.29. The molecule has 4 N–H and O–H groups in total. The number of hydrogen-bond acceptors (Lipinski definition) is 6. The fourth-order valence-corrected chi connectivity index (χ4v) is 4.19. The lowest BCUT2D eigenvalue weighted by Crippen LogP contribution is -2.36. The largest absolute Gasteiger partial charge is 0.489 e. The standard InChI is InChI=1S/C23H25N3O4S/c24-31(28,29)21-8-4-16(5-9-21)17-6-10-23-18(12-17)3-7-20(30-23)14-26-15-22(27)19-2-1-11-25-13-19/h1-2,4-6,8-13,20,22,26-27H,3,7,14-15H2,(H2,24,28,29)/t20-,22+/m1/s1. The third-order valence-corrected chi connectivity index (χ3v) is 6.31. The molecule has 2 heterocycles. The number of rotatable bonds is 7. The summed E-state index contributed by atoms with van der Waals surface area (Å²) in [6.07, 6.45) is 4.54. The quantitative estimate of drug-likeness (QED) is 0.521. The minimum atomic E-state index is -3.70. The average molecular weight is 440 g/mol. The van der Waals surface area contributed by atoms with Crippen LogP contribution in [0, 0.1) is 0 Å². The summed E-state index contributed by atoms with van der Waals surface area (Å²) in [5.41, 5.74) is 3.83. The number of nitrogens with two attached hydrogens (primary N) is 1. The van der Waals surface area contributed by atoms with Crippen molar-refractivity contribution in [3.8, 4) is 16.9 Å². The molecule has 162 valence electrons. The second-order valence-corrected chi connectivity index (χ2v) is 9.19. The molecule has 0 saturated carbocycles. The summed E-state index contributed by atoms with van der Waals surface area (Å²) in [5.74, 6) is 0.857. The van der Waals surface area contributed by atoms with Gasteiger partial charge in [0.25, 0.3) is 0 Å². The monoisotopic (exact) mass is 439 g/mol. The molecule has 0 fully saturated rings. The first-order valence-corrected chi connectivity index (χ1v) is 11.7. The van der Waals surface area contributed by atoms with Crippen molar-refractivity contribution in [2.24, 2.45) is 5.14 Å². The van der Waals surface area contributed by atoms with E-state index in [9.17, 15) is 13.5 Å². The molecule has 3 aromatic rings. The molecule has 1 aliphatic heterocycles. The lowest BCUT2D eigenvalue weighted by molar-refractivity contribution is 0.146. The van der Waals surface area contributed by atoms with E-state index in [-0.39, 0.29) is 11.0 Å². The molecule has 1 aliphatic rings. The predicted molar refractivity (Wildman–Crippen MR) is 118 cm³/mol. The van der Waals surface area contributed by atoms with Crippen molar-refractivity contribution >= 4 is 10.0 Å². The molecular formula is C23H25N3O4S. The van der Waals surface area contributed by atoms with Crippen LogP contribution in [0.25, 0.3) is 11.1 Å². The Morgan fingerprint density at radius 3 is 2.65 bits per heavy atom. The molecular weight excluding hydrogens is 414 g/mol. The summed E-state index contributed by atoms with van der Waals surface area (Å²) in [7, 11) is -3.70. The molecule has 0 amide bonds. The third-order valence-electron chi connectivity index (χ3n) is 5.38. The Labute approximate surface area is 182 Å². The van der Waals surface area contributed by atoms with E-state index in [0.29, 0.717) is 13.1 Å². The molecule has 8 heteroatoms. The topological polar surface area (TPSA) is 115 Å². The number of aliphatic hydroxyl groups is 1. The van der Waals surface area contributed by atoms with Gasteiger partial charge in [0.2, 0.25) is 10.0 Å². The van der Waals surface area contributed by atoms with Gasteiger partial charge in [-0.25, -0.2) is 13.6 Å². The molecule has 31 heavy (non-hydrogen) atoms. The van der Waals surface area contributed by atoms with E-state index >= 15 is 0 Å². The number of nitrogens with zero attached hydrogens (tertiary/aromatic N) is 1.